The van der Waals surface area contributed by atoms with E-state index < -0.39 is 0 Å². The van der Waals surface area contributed by atoms with Crippen molar-refractivity contribution in [2.75, 3.05) is 11.9 Å². The van der Waals surface area contributed by atoms with Gasteiger partial charge >= 0.3 is 0 Å². The Morgan fingerprint density at radius 3 is 2.23 bits per heavy atom. The Kier molecular flexibility index (Phi) is 6.17. The average molecular weight is 418 g/mol. The molecule has 1 heterocycles. The third-order valence-corrected chi connectivity index (χ3v) is 4.87. The van der Waals surface area contributed by atoms with Crippen LogP contribution in [-0.2, 0) is 4.79 Å². The maximum absolute atomic E-state index is 12.8. The zero-order valence-electron chi connectivity index (χ0n) is 16.1. The summed E-state index contributed by atoms with van der Waals surface area (Å²) in [5.74, 6) is -0.185. The SMILES string of the molecule is O=C(CNC(c1ccccc1)c1ccccc1)Nc1cc(Cl)ccc1-n1cncn1. The van der Waals surface area contributed by atoms with Crippen molar-refractivity contribution in [3.63, 3.8) is 0 Å². The quantitative estimate of drug-likeness (QED) is 0.472. The van der Waals surface area contributed by atoms with Crippen molar-refractivity contribution in [1.82, 2.24) is 20.1 Å². The first-order valence-electron chi connectivity index (χ1n) is 9.48. The number of nitrogens with zero attached hydrogens (tertiary/aromatic N) is 3. The van der Waals surface area contributed by atoms with Crippen LogP contribution in [-0.4, -0.2) is 27.2 Å². The van der Waals surface area contributed by atoms with Crippen LogP contribution in [0.25, 0.3) is 5.69 Å². The second-order valence-corrected chi connectivity index (χ2v) is 7.12. The minimum Gasteiger partial charge on any atom is -0.323 e. The maximum Gasteiger partial charge on any atom is 0.238 e. The van der Waals surface area contributed by atoms with Gasteiger partial charge in [0.2, 0.25) is 5.91 Å². The van der Waals surface area contributed by atoms with E-state index in [0.717, 1.165) is 11.1 Å². The maximum atomic E-state index is 12.8. The number of hydrogen-bond acceptors (Lipinski definition) is 4. The van der Waals surface area contributed by atoms with Gasteiger partial charge in [-0.25, -0.2) is 9.67 Å². The summed E-state index contributed by atoms with van der Waals surface area (Å²) >= 11 is 6.14. The van der Waals surface area contributed by atoms with Crippen molar-refractivity contribution in [3.8, 4) is 5.69 Å². The van der Waals surface area contributed by atoms with E-state index in [2.05, 4.69) is 20.7 Å². The molecule has 6 nitrogen and oxygen atoms in total. The normalized spacial score (nSPS) is 10.9. The van der Waals surface area contributed by atoms with Crippen LogP contribution in [0.15, 0.2) is 91.5 Å². The number of carbonyl (C=O) groups excluding carboxylic acids is 1. The van der Waals surface area contributed by atoms with E-state index in [1.807, 2.05) is 60.7 Å². The molecule has 0 saturated heterocycles. The molecule has 0 fully saturated rings. The Labute approximate surface area is 179 Å². The number of nitrogens with one attached hydrogen (secondary N) is 2. The van der Waals surface area contributed by atoms with E-state index in [-0.39, 0.29) is 18.5 Å². The van der Waals surface area contributed by atoms with Gasteiger partial charge in [0.1, 0.15) is 12.7 Å². The third kappa shape index (κ3) is 4.74. The molecule has 0 saturated carbocycles. The number of carbonyl (C=O) groups is 1. The Bertz CT molecular complexity index is 1060. The van der Waals surface area contributed by atoms with Crippen LogP contribution in [0.3, 0.4) is 0 Å². The molecular weight excluding hydrogens is 398 g/mol. The van der Waals surface area contributed by atoms with Crippen LogP contribution in [0.4, 0.5) is 5.69 Å². The number of anilines is 1. The molecule has 2 N–H and O–H groups in total. The Morgan fingerprint density at radius 1 is 0.967 bits per heavy atom. The standard InChI is InChI=1S/C23H20ClN5O/c24-19-11-12-21(29-16-25-15-27-29)20(13-19)28-22(30)14-26-23(17-7-3-1-4-8-17)18-9-5-2-6-10-18/h1-13,15-16,23,26H,14H2,(H,28,30). The van der Waals surface area contributed by atoms with Gasteiger partial charge in [-0.05, 0) is 29.3 Å². The van der Waals surface area contributed by atoms with Crippen LogP contribution in [0.2, 0.25) is 5.02 Å². The van der Waals surface area contributed by atoms with Crippen molar-refractivity contribution < 1.29 is 4.79 Å². The van der Waals surface area contributed by atoms with Gasteiger partial charge in [0.25, 0.3) is 0 Å². The van der Waals surface area contributed by atoms with Crippen molar-refractivity contribution in [2.24, 2.45) is 0 Å². The third-order valence-electron chi connectivity index (χ3n) is 4.63. The van der Waals surface area contributed by atoms with Crippen LogP contribution < -0.4 is 10.6 Å². The van der Waals surface area contributed by atoms with E-state index in [0.29, 0.717) is 16.4 Å². The summed E-state index contributed by atoms with van der Waals surface area (Å²) in [5.41, 5.74) is 3.42. The number of hydrogen-bond donors (Lipinski definition) is 2. The van der Waals surface area contributed by atoms with Crippen molar-refractivity contribution in [2.45, 2.75) is 6.04 Å². The van der Waals surface area contributed by atoms with E-state index in [1.54, 1.807) is 29.2 Å². The van der Waals surface area contributed by atoms with Gasteiger partial charge in [0.05, 0.1) is 24.0 Å². The zero-order valence-corrected chi connectivity index (χ0v) is 16.8. The van der Waals surface area contributed by atoms with Gasteiger partial charge in [-0.15, -0.1) is 0 Å². The molecule has 0 aliphatic rings. The molecule has 4 aromatic rings. The molecule has 0 bridgehead atoms. The first-order chi connectivity index (χ1) is 14.7. The molecule has 7 heteroatoms. The number of benzene rings is 3. The minimum atomic E-state index is -0.185. The fourth-order valence-corrected chi connectivity index (χ4v) is 3.42. The summed E-state index contributed by atoms with van der Waals surface area (Å²) in [6.07, 6.45) is 3.00. The lowest BCUT2D eigenvalue weighted by Gasteiger charge is -2.20. The largest absolute Gasteiger partial charge is 0.323 e. The fourth-order valence-electron chi connectivity index (χ4n) is 3.25. The van der Waals surface area contributed by atoms with Gasteiger partial charge in [0.15, 0.2) is 0 Å². The molecule has 0 radical (unpaired) electrons. The number of aromatic nitrogens is 3. The topological polar surface area (TPSA) is 71.8 Å². The van der Waals surface area contributed by atoms with Crippen LogP contribution in [0.1, 0.15) is 17.2 Å². The minimum absolute atomic E-state index is 0.104. The van der Waals surface area contributed by atoms with Crippen molar-refractivity contribution >= 4 is 23.2 Å². The van der Waals surface area contributed by atoms with E-state index in [1.165, 1.54) is 6.33 Å². The molecule has 4 rings (SSSR count). The molecule has 1 amide bonds. The van der Waals surface area contributed by atoms with Gasteiger partial charge < -0.3 is 5.32 Å². The average Bonchev–Trinajstić information content (AvgIpc) is 3.30. The van der Waals surface area contributed by atoms with Crippen molar-refractivity contribution in [3.05, 3.63) is 108 Å². The smallest absolute Gasteiger partial charge is 0.238 e. The van der Waals surface area contributed by atoms with E-state index in [9.17, 15) is 4.79 Å². The van der Waals surface area contributed by atoms with Crippen LogP contribution in [0, 0.1) is 0 Å². The first kappa shape index (κ1) is 19.8. The highest BCUT2D eigenvalue weighted by Crippen LogP contribution is 2.24. The summed E-state index contributed by atoms with van der Waals surface area (Å²) < 4.78 is 1.58. The van der Waals surface area contributed by atoms with Gasteiger partial charge in [-0.2, -0.15) is 5.10 Å². The molecule has 0 aliphatic heterocycles. The second-order valence-electron chi connectivity index (χ2n) is 6.68. The van der Waals surface area contributed by atoms with Gasteiger partial charge in [-0.3, -0.25) is 10.1 Å². The lowest BCUT2D eigenvalue weighted by atomic mass is 9.99. The fraction of sp³-hybridized carbons (Fsp3) is 0.0870. The summed E-state index contributed by atoms with van der Waals surface area (Å²) in [5, 5.41) is 10.9. The van der Waals surface area contributed by atoms with Crippen LogP contribution in [0.5, 0.6) is 0 Å². The number of rotatable bonds is 7. The highest BCUT2D eigenvalue weighted by Gasteiger charge is 2.16. The Hall–Kier alpha value is -3.48. The molecule has 3 aromatic carbocycles. The Balaban J connectivity index is 1.51. The first-order valence-corrected chi connectivity index (χ1v) is 9.86. The number of halogens is 1. The molecule has 0 atom stereocenters. The van der Waals surface area contributed by atoms with E-state index >= 15 is 0 Å². The van der Waals surface area contributed by atoms with Gasteiger partial charge in [-0.1, -0.05) is 72.3 Å². The lowest BCUT2D eigenvalue weighted by molar-refractivity contribution is -0.115. The predicted molar refractivity (Wildman–Crippen MR) is 118 cm³/mol. The summed E-state index contributed by atoms with van der Waals surface area (Å²) in [6, 6.07) is 25.2. The Morgan fingerprint density at radius 2 is 1.63 bits per heavy atom. The van der Waals surface area contributed by atoms with Crippen LogP contribution >= 0.6 is 11.6 Å². The van der Waals surface area contributed by atoms with E-state index in [4.69, 9.17) is 11.6 Å². The molecular formula is C23H20ClN5O. The lowest BCUT2D eigenvalue weighted by Crippen LogP contribution is -2.32. The monoisotopic (exact) mass is 417 g/mol. The summed E-state index contributed by atoms with van der Waals surface area (Å²) in [7, 11) is 0. The molecule has 150 valence electrons. The molecule has 30 heavy (non-hydrogen) atoms. The molecule has 0 spiro atoms. The summed E-state index contributed by atoms with van der Waals surface area (Å²) in [6.45, 7) is 0.123. The van der Waals surface area contributed by atoms with Crippen molar-refractivity contribution in [1.29, 1.82) is 0 Å². The molecule has 0 unspecified atom stereocenters. The predicted octanol–water partition coefficient (Wildman–Crippen LogP) is 4.24. The second kappa shape index (κ2) is 9.35. The molecule has 1 aromatic heterocycles. The van der Waals surface area contributed by atoms with Gasteiger partial charge in [0, 0.05) is 5.02 Å². The zero-order chi connectivity index (χ0) is 20.8. The highest BCUT2D eigenvalue weighted by molar-refractivity contribution is 6.31. The highest BCUT2D eigenvalue weighted by atomic mass is 35.5. The molecule has 0 aliphatic carbocycles. The summed E-state index contributed by atoms with van der Waals surface area (Å²) in [4.78, 5) is 16.7. The number of amides is 1.